The van der Waals surface area contributed by atoms with E-state index in [2.05, 4.69) is 11.9 Å². The average Bonchev–Trinajstić information content (AvgIpc) is 2.48. The second kappa shape index (κ2) is 7.11. The molecule has 0 N–H and O–H groups in total. The van der Waals surface area contributed by atoms with Crippen molar-refractivity contribution in [2.75, 3.05) is 0 Å². The summed E-state index contributed by atoms with van der Waals surface area (Å²) in [5.41, 5.74) is 1.87. The molecular formula is C17H18ClNO. The monoisotopic (exact) mass is 287 g/mol. The standard InChI is InChI=1S/C17H18ClNO/c1-3-13(2)20-17-10-9-14(11-16(17)18)12-19-15-7-5-4-6-8-15/h4-13H,3H2,1-2H3/t13-/m1/s1. The lowest BCUT2D eigenvalue weighted by atomic mass is 10.2. The highest BCUT2D eigenvalue weighted by molar-refractivity contribution is 6.32. The molecule has 1 atom stereocenters. The number of hydrogen-bond donors (Lipinski definition) is 0. The SMILES string of the molecule is CC[C@@H](C)Oc1ccc(C=Nc2ccccc2)cc1Cl. The quantitative estimate of drug-likeness (QED) is 0.687. The van der Waals surface area contributed by atoms with Gasteiger partial charge in [-0.2, -0.15) is 0 Å². The number of ether oxygens (including phenoxy) is 1. The van der Waals surface area contributed by atoms with Crippen molar-refractivity contribution in [1.29, 1.82) is 0 Å². The molecule has 3 heteroatoms. The first-order valence-corrected chi connectivity index (χ1v) is 7.12. The Kier molecular flexibility index (Phi) is 5.19. The molecular weight excluding hydrogens is 270 g/mol. The topological polar surface area (TPSA) is 21.6 Å². The van der Waals surface area contributed by atoms with Crippen LogP contribution in [-0.2, 0) is 0 Å². The maximum atomic E-state index is 6.23. The zero-order chi connectivity index (χ0) is 14.4. The van der Waals surface area contributed by atoms with Crippen LogP contribution in [0.5, 0.6) is 5.75 Å². The van der Waals surface area contributed by atoms with Gasteiger partial charge in [-0.25, -0.2) is 0 Å². The van der Waals surface area contributed by atoms with Gasteiger partial charge in [-0.15, -0.1) is 0 Å². The van der Waals surface area contributed by atoms with Crippen molar-refractivity contribution in [2.45, 2.75) is 26.4 Å². The third-order valence-electron chi connectivity index (χ3n) is 2.98. The van der Waals surface area contributed by atoms with Crippen LogP contribution in [-0.4, -0.2) is 12.3 Å². The summed E-state index contributed by atoms with van der Waals surface area (Å²) >= 11 is 6.23. The van der Waals surface area contributed by atoms with Crippen LogP contribution in [0, 0.1) is 0 Å². The van der Waals surface area contributed by atoms with Crippen LogP contribution in [0.4, 0.5) is 5.69 Å². The number of para-hydroxylation sites is 1. The molecule has 0 bridgehead atoms. The summed E-state index contributed by atoms with van der Waals surface area (Å²) in [7, 11) is 0. The second-order valence-electron chi connectivity index (χ2n) is 4.62. The van der Waals surface area contributed by atoms with E-state index in [1.165, 1.54) is 0 Å². The van der Waals surface area contributed by atoms with E-state index in [-0.39, 0.29) is 6.10 Å². The van der Waals surface area contributed by atoms with E-state index >= 15 is 0 Å². The molecule has 2 nitrogen and oxygen atoms in total. The normalized spacial score (nSPS) is 12.6. The van der Waals surface area contributed by atoms with Crippen LogP contribution in [0.1, 0.15) is 25.8 Å². The number of aliphatic imine (C=N–C) groups is 1. The van der Waals surface area contributed by atoms with Gasteiger partial charge < -0.3 is 4.74 Å². The highest BCUT2D eigenvalue weighted by Crippen LogP contribution is 2.26. The van der Waals surface area contributed by atoms with E-state index in [0.29, 0.717) is 5.02 Å². The Labute approximate surface area is 125 Å². The van der Waals surface area contributed by atoms with Crippen LogP contribution < -0.4 is 4.74 Å². The Morgan fingerprint density at radius 1 is 1.20 bits per heavy atom. The fraction of sp³-hybridized carbons (Fsp3) is 0.235. The Balaban J connectivity index is 2.11. The maximum Gasteiger partial charge on any atom is 0.138 e. The largest absolute Gasteiger partial charge is 0.489 e. The molecule has 0 saturated heterocycles. The van der Waals surface area contributed by atoms with E-state index in [1.54, 1.807) is 6.21 Å². The molecule has 0 spiro atoms. The molecule has 0 unspecified atom stereocenters. The van der Waals surface area contributed by atoms with Gasteiger partial charge in [0.25, 0.3) is 0 Å². The van der Waals surface area contributed by atoms with Gasteiger partial charge in [0.05, 0.1) is 16.8 Å². The highest BCUT2D eigenvalue weighted by Gasteiger charge is 2.06. The smallest absolute Gasteiger partial charge is 0.138 e. The fourth-order valence-electron chi connectivity index (χ4n) is 1.66. The van der Waals surface area contributed by atoms with E-state index in [1.807, 2.05) is 55.5 Å². The summed E-state index contributed by atoms with van der Waals surface area (Å²) in [4.78, 5) is 4.40. The Morgan fingerprint density at radius 3 is 2.60 bits per heavy atom. The van der Waals surface area contributed by atoms with Gasteiger partial charge >= 0.3 is 0 Å². The van der Waals surface area contributed by atoms with Gasteiger partial charge in [0, 0.05) is 6.21 Å². The third-order valence-corrected chi connectivity index (χ3v) is 3.27. The molecule has 2 rings (SSSR count). The van der Waals surface area contributed by atoms with Gasteiger partial charge in [-0.05, 0) is 49.2 Å². The summed E-state index contributed by atoms with van der Waals surface area (Å²) in [5.74, 6) is 0.720. The highest BCUT2D eigenvalue weighted by atomic mass is 35.5. The maximum absolute atomic E-state index is 6.23. The number of nitrogens with zero attached hydrogens (tertiary/aromatic N) is 1. The lowest BCUT2D eigenvalue weighted by molar-refractivity contribution is 0.217. The molecule has 0 amide bonds. The summed E-state index contributed by atoms with van der Waals surface area (Å²) in [6.07, 6.45) is 2.92. The molecule has 0 radical (unpaired) electrons. The first-order chi connectivity index (χ1) is 9.69. The fourth-order valence-corrected chi connectivity index (χ4v) is 1.89. The van der Waals surface area contributed by atoms with Gasteiger partial charge in [0.1, 0.15) is 5.75 Å². The van der Waals surface area contributed by atoms with Gasteiger partial charge in [-0.3, -0.25) is 4.99 Å². The first-order valence-electron chi connectivity index (χ1n) is 6.74. The summed E-state index contributed by atoms with van der Waals surface area (Å²) in [6, 6.07) is 15.5. The minimum absolute atomic E-state index is 0.163. The number of hydrogen-bond acceptors (Lipinski definition) is 2. The van der Waals surface area contributed by atoms with Crippen LogP contribution in [0.2, 0.25) is 5.02 Å². The van der Waals surface area contributed by atoms with Crippen molar-refractivity contribution in [1.82, 2.24) is 0 Å². The molecule has 0 aliphatic heterocycles. The van der Waals surface area contributed by atoms with E-state index in [0.717, 1.165) is 23.4 Å². The zero-order valence-corrected chi connectivity index (χ0v) is 12.5. The molecule has 2 aromatic carbocycles. The molecule has 2 aromatic rings. The number of benzene rings is 2. The van der Waals surface area contributed by atoms with E-state index in [9.17, 15) is 0 Å². The predicted octanol–water partition coefficient (Wildman–Crippen LogP) is 5.27. The molecule has 104 valence electrons. The molecule has 0 aliphatic rings. The zero-order valence-electron chi connectivity index (χ0n) is 11.7. The number of halogens is 1. The number of rotatable bonds is 5. The molecule has 0 saturated carbocycles. The van der Waals surface area contributed by atoms with Crippen molar-refractivity contribution in [3.05, 3.63) is 59.1 Å². The van der Waals surface area contributed by atoms with E-state index < -0.39 is 0 Å². The van der Waals surface area contributed by atoms with Gasteiger partial charge in [0.2, 0.25) is 0 Å². The molecule has 20 heavy (non-hydrogen) atoms. The lowest BCUT2D eigenvalue weighted by Gasteiger charge is -2.13. The third kappa shape index (κ3) is 4.10. The summed E-state index contributed by atoms with van der Waals surface area (Å²) in [5, 5.41) is 0.613. The van der Waals surface area contributed by atoms with E-state index in [4.69, 9.17) is 16.3 Å². The van der Waals surface area contributed by atoms with Crippen LogP contribution in [0.3, 0.4) is 0 Å². The van der Waals surface area contributed by atoms with Crippen LogP contribution >= 0.6 is 11.6 Å². The van der Waals surface area contributed by atoms with Crippen LogP contribution in [0.25, 0.3) is 0 Å². The first kappa shape index (κ1) is 14.6. The minimum Gasteiger partial charge on any atom is -0.489 e. The molecule has 0 aromatic heterocycles. The summed E-state index contributed by atoms with van der Waals surface area (Å²) in [6.45, 7) is 4.11. The van der Waals surface area contributed by atoms with Crippen molar-refractivity contribution in [3.63, 3.8) is 0 Å². The average molecular weight is 288 g/mol. The Morgan fingerprint density at radius 2 is 1.95 bits per heavy atom. The second-order valence-corrected chi connectivity index (χ2v) is 5.03. The van der Waals surface area contributed by atoms with Crippen molar-refractivity contribution < 1.29 is 4.74 Å². The molecule has 0 aliphatic carbocycles. The molecule has 0 heterocycles. The Hall–Kier alpha value is -1.80. The van der Waals surface area contributed by atoms with Crippen molar-refractivity contribution in [3.8, 4) is 5.75 Å². The predicted molar refractivity (Wildman–Crippen MR) is 85.5 cm³/mol. The van der Waals surface area contributed by atoms with Crippen molar-refractivity contribution >= 4 is 23.5 Å². The van der Waals surface area contributed by atoms with Crippen molar-refractivity contribution in [2.24, 2.45) is 4.99 Å². The minimum atomic E-state index is 0.163. The summed E-state index contributed by atoms with van der Waals surface area (Å²) < 4.78 is 5.74. The van der Waals surface area contributed by atoms with Gasteiger partial charge in [-0.1, -0.05) is 36.7 Å². The Bertz CT molecular complexity index is 581. The lowest BCUT2D eigenvalue weighted by Crippen LogP contribution is -2.09. The van der Waals surface area contributed by atoms with Crippen LogP contribution in [0.15, 0.2) is 53.5 Å². The molecule has 0 fully saturated rings. The van der Waals surface area contributed by atoms with Gasteiger partial charge in [0.15, 0.2) is 0 Å².